The van der Waals surface area contributed by atoms with Crippen LogP contribution in [0.4, 0.5) is 0 Å². The molecule has 20 heavy (non-hydrogen) atoms. The second kappa shape index (κ2) is 10.9. The molecule has 0 bridgehead atoms. The maximum absolute atomic E-state index is 5.65. The zero-order chi connectivity index (χ0) is 14.6. The summed E-state index contributed by atoms with van der Waals surface area (Å²) in [5, 5.41) is 4.37. The monoisotopic (exact) mass is 279 g/mol. The van der Waals surface area contributed by atoms with Crippen molar-refractivity contribution in [2.45, 2.75) is 97.8 Å². The topological polar surface area (TPSA) is 26.0 Å². The Kier molecular flexibility index (Phi) is 9.44. The largest absolute Gasteiger partial charge is 0.361 e. The highest BCUT2D eigenvalue weighted by Crippen LogP contribution is 2.21. The van der Waals surface area contributed by atoms with E-state index < -0.39 is 0 Å². The summed E-state index contributed by atoms with van der Waals surface area (Å²) >= 11 is 0. The van der Waals surface area contributed by atoms with Gasteiger partial charge in [-0.25, -0.2) is 0 Å². The van der Waals surface area contributed by atoms with Crippen molar-refractivity contribution >= 4 is 0 Å². The van der Waals surface area contributed by atoms with Crippen LogP contribution in [0.25, 0.3) is 0 Å². The summed E-state index contributed by atoms with van der Waals surface area (Å²) in [6.07, 6.45) is 14.8. The molecule has 0 N–H and O–H groups in total. The summed E-state index contributed by atoms with van der Waals surface area (Å²) in [7, 11) is 0. The Bertz CT molecular complexity index is 316. The number of rotatable bonds is 12. The number of nitrogens with zero attached hydrogens (tertiary/aromatic N) is 1. The van der Waals surface area contributed by atoms with E-state index in [9.17, 15) is 0 Å². The highest BCUT2D eigenvalue weighted by Gasteiger charge is 2.14. The zero-order valence-electron chi connectivity index (χ0n) is 13.8. The molecule has 116 valence electrons. The van der Waals surface area contributed by atoms with Crippen molar-refractivity contribution in [3.8, 4) is 0 Å². The van der Waals surface area contributed by atoms with Crippen molar-refractivity contribution in [2.75, 3.05) is 0 Å². The van der Waals surface area contributed by atoms with Crippen molar-refractivity contribution in [1.82, 2.24) is 5.16 Å². The average Bonchev–Trinajstić information content (AvgIpc) is 2.83. The van der Waals surface area contributed by atoms with E-state index in [-0.39, 0.29) is 0 Å². The Hall–Kier alpha value is -0.790. The van der Waals surface area contributed by atoms with Crippen LogP contribution in [-0.2, 0) is 19.3 Å². The van der Waals surface area contributed by atoms with Crippen molar-refractivity contribution in [3.05, 3.63) is 17.0 Å². The Balaban J connectivity index is 2.60. The Labute approximate surface area is 125 Å². The van der Waals surface area contributed by atoms with Crippen molar-refractivity contribution < 1.29 is 4.52 Å². The third-order valence-electron chi connectivity index (χ3n) is 4.01. The van der Waals surface area contributed by atoms with Crippen LogP contribution in [0.5, 0.6) is 0 Å². The van der Waals surface area contributed by atoms with Gasteiger partial charge in [0.1, 0.15) is 5.76 Å². The van der Waals surface area contributed by atoms with E-state index in [2.05, 4.69) is 25.9 Å². The van der Waals surface area contributed by atoms with Crippen LogP contribution < -0.4 is 0 Å². The van der Waals surface area contributed by atoms with E-state index in [0.29, 0.717) is 0 Å². The lowest BCUT2D eigenvalue weighted by Gasteiger charge is -2.04. The lowest BCUT2D eigenvalue weighted by molar-refractivity contribution is 0.371. The smallest absolute Gasteiger partial charge is 0.140 e. The van der Waals surface area contributed by atoms with Crippen LogP contribution in [0, 0.1) is 0 Å². The number of aryl methyl sites for hydroxylation is 2. The molecule has 0 radical (unpaired) electrons. The van der Waals surface area contributed by atoms with Gasteiger partial charge in [0, 0.05) is 12.0 Å². The number of unbranched alkanes of at least 4 members (excludes halogenated alkanes) is 6. The van der Waals surface area contributed by atoms with E-state index in [4.69, 9.17) is 4.52 Å². The highest BCUT2D eigenvalue weighted by molar-refractivity contribution is 5.23. The van der Waals surface area contributed by atoms with Crippen LogP contribution in [0.2, 0.25) is 0 Å². The normalized spacial score (nSPS) is 11.2. The molecule has 0 saturated carbocycles. The molecule has 0 saturated heterocycles. The summed E-state index contributed by atoms with van der Waals surface area (Å²) in [6, 6.07) is 0. The van der Waals surface area contributed by atoms with E-state index in [0.717, 1.165) is 12.8 Å². The van der Waals surface area contributed by atoms with Gasteiger partial charge in [-0.05, 0) is 32.1 Å². The lowest BCUT2D eigenvalue weighted by atomic mass is 9.99. The predicted molar refractivity (Wildman–Crippen MR) is 86.2 cm³/mol. The van der Waals surface area contributed by atoms with E-state index >= 15 is 0 Å². The molecule has 1 rings (SSSR count). The minimum absolute atomic E-state index is 1.08. The van der Waals surface area contributed by atoms with Crippen molar-refractivity contribution in [2.24, 2.45) is 0 Å². The third kappa shape index (κ3) is 6.11. The molecular formula is C18H33NO. The summed E-state index contributed by atoms with van der Waals surface area (Å²) in [4.78, 5) is 0. The molecule has 2 heteroatoms. The van der Waals surface area contributed by atoms with Gasteiger partial charge < -0.3 is 4.52 Å². The molecule has 0 spiro atoms. The standard InChI is InChI=1S/C18H33NO/c1-4-7-10-13-16-17(14-11-8-5-2)19-20-18(16)15-12-9-6-3/h4-15H2,1-3H3. The predicted octanol–water partition coefficient (Wildman–Crippen LogP) is 5.87. The highest BCUT2D eigenvalue weighted by atomic mass is 16.5. The van der Waals surface area contributed by atoms with Gasteiger partial charge in [-0.2, -0.15) is 0 Å². The molecule has 0 aromatic carbocycles. The molecule has 0 unspecified atom stereocenters. The fraction of sp³-hybridized carbons (Fsp3) is 0.833. The zero-order valence-corrected chi connectivity index (χ0v) is 13.8. The van der Waals surface area contributed by atoms with Gasteiger partial charge in [0.25, 0.3) is 0 Å². The van der Waals surface area contributed by atoms with Crippen molar-refractivity contribution in [3.63, 3.8) is 0 Å². The first-order valence-electron chi connectivity index (χ1n) is 8.79. The minimum Gasteiger partial charge on any atom is -0.361 e. The number of hydrogen-bond acceptors (Lipinski definition) is 2. The second-order valence-electron chi connectivity index (χ2n) is 5.90. The van der Waals surface area contributed by atoms with Gasteiger partial charge in [0.15, 0.2) is 0 Å². The Morgan fingerprint density at radius 3 is 1.85 bits per heavy atom. The maximum atomic E-state index is 5.65. The molecule has 1 aromatic heterocycles. The molecule has 0 aliphatic carbocycles. The van der Waals surface area contributed by atoms with Gasteiger partial charge in [0.2, 0.25) is 0 Å². The minimum atomic E-state index is 1.08. The van der Waals surface area contributed by atoms with E-state index in [1.54, 1.807) is 0 Å². The number of hydrogen-bond donors (Lipinski definition) is 0. The first kappa shape index (κ1) is 17.3. The van der Waals surface area contributed by atoms with E-state index in [1.807, 2.05) is 0 Å². The van der Waals surface area contributed by atoms with Crippen LogP contribution in [0.15, 0.2) is 4.52 Å². The third-order valence-corrected chi connectivity index (χ3v) is 4.01. The quantitative estimate of drug-likeness (QED) is 0.447. The SMILES string of the molecule is CCCCCc1noc(CCCCC)c1CCCCC. The average molecular weight is 279 g/mol. The molecule has 1 aromatic rings. The molecule has 2 nitrogen and oxygen atoms in total. The van der Waals surface area contributed by atoms with Crippen LogP contribution in [0.1, 0.15) is 95.6 Å². The van der Waals surface area contributed by atoms with E-state index in [1.165, 1.54) is 81.2 Å². The first-order valence-corrected chi connectivity index (χ1v) is 8.79. The molecule has 0 fully saturated rings. The second-order valence-corrected chi connectivity index (χ2v) is 5.90. The van der Waals surface area contributed by atoms with Gasteiger partial charge in [0.05, 0.1) is 5.69 Å². The molecular weight excluding hydrogens is 246 g/mol. The van der Waals surface area contributed by atoms with Gasteiger partial charge in [-0.3, -0.25) is 0 Å². The maximum Gasteiger partial charge on any atom is 0.140 e. The summed E-state index contributed by atoms with van der Waals surface area (Å²) in [5.41, 5.74) is 2.70. The van der Waals surface area contributed by atoms with Crippen LogP contribution in [-0.4, -0.2) is 5.16 Å². The first-order chi connectivity index (χ1) is 9.83. The fourth-order valence-electron chi connectivity index (χ4n) is 2.69. The van der Waals surface area contributed by atoms with Gasteiger partial charge in [-0.1, -0.05) is 64.5 Å². The molecule has 0 aliphatic heterocycles. The fourth-order valence-corrected chi connectivity index (χ4v) is 2.69. The van der Waals surface area contributed by atoms with Gasteiger partial charge in [-0.15, -0.1) is 0 Å². The number of aromatic nitrogens is 1. The van der Waals surface area contributed by atoms with Crippen LogP contribution >= 0.6 is 0 Å². The molecule has 1 heterocycles. The summed E-state index contributed by atoms with van der Waals surface area (Å²) in [6.45, 7) is 6.76. The molecule has 0 amide bonds. The summed E-state index contributed by atoms with van der Waals surface area (Å²) < 4.78 is 5.65. The lowest BCUT2D eigenvalue weighted by Crippen LogP contribution is -1.97. The van der Waals surface area contributed by atoms with Gasteiger partial charge >= 0.3 is 0 Å². The van der Waals surface area contributed by atoms with Crippen molar-refractivity contribution in [1.29, 1.82) is 0 Å². The molecule has 0 atom stereocenters. The Morgan fingerprint density at radius 2 is 1.25 bits per heavy atom. The summed E-state index contributed by atoms with van der Waals surface area (Å²) in [5.74, 6) is 1.18. The molecule has 0 aliphatic rings. The van der Waals surface area contributed by atoms with Crippen LogP contribution in [0.3, 0.4) is 0 Å². The Morgan fingerprint density at radius 1 is 0.700 bits per heavy atom.